The number of anilines is 2. The van der Waals surface area contributed by atoms with Crippen LogP contribution >= 0.6 is 11.6 Å². The van der Waals surface area contributed by atoms with E-state index in [4.69, 9.17) is 16.0 Å². The van der Waals surface area contributed by atoms with Gasteiger partial charge in [0, 0.05) is 29.4 Å². The molecule has 1 fully saturated rings. The minimum absolute atomic E-state index is 0.0354. The lowest BCUT2D eigenvalue weighted by molar-refractivity contribution is -0.122. The number of carbonyl (C=O) groups is 2. The molecule has 1 aliphatic rings. The standard InChI is InChI=1S/C22H20ClN3O5S/c23-16-3-7-18(8-4-16)26-14-15(12-21(26)27)22(28)25-17-5-9-20(10-6-17)32(29,30)24-13-19-2-1-11-31-19/h1-11,15,24H,12-14H2,(H,25,28). The average molecular weight is 474 g/mol. The summed E-state index contributed by atoms with van der Waals surface area (Å²) >= 11 is 5.89. The molecule has 32 heavy (non-hydrogen) atoms. The predicted molar refractivity (Wildman–Crippen MR) is 120 cm³/mol. The molecule has 4 rings (SSSR count). The van der Waals surface area contributed by atoms with E-state index in [1.165, 1.54) is 30.5 Å². The van der Waals surface area contributed by atoms with Crippen molar-refractivity contribution in [1.82, 2.24) is 4.72 Å². The third-order valence-corrected chi connectivity index (χ3v) is 6.75. The van der Waals surface area contributed by atoms with E-state index in [1.54, 1.807) is 41.3 Å². The summed E-state index contributed by atoms with van der Waals surface area (Å²) < 4.78 is 32.4. The number of carbonyl (C=O) groups excluding carboxylic acids is 2. The number of rotatable bonds is 7. The van der Waals surface area contributed by atoms with Crippen molar-refractivity contribution in [1.29, 1.82) is 0 Å². The van der Waals surface area contributed by atoms with Crippen molar-refractivity contribution in [2.75, 3.05) is 16.8 Å². The summed E-state index contributed by atoms with van der Waals surface area (Å²) in [5.41, 5.74) is 1.13. The Bertz CT molecular complexity index is 1210. The molecule has 1 aromatic heterocycles. The Hall–Kier alpha value is -3.14. The average Bonchev–Trinajstić information content (AvgIpc) is 3.43. The maximum absolute atomic E-state index is 12.7. The highest BCUT2D eigenvalue weighted by atomic mass is 35.5. The Morgan fingerprint density at radius 2 is 1.81 bits per heavy atom. The van der Waals surface area contributed by atoms with Crippen LogP contribution < -0.4 is 14.9 Å². The molecule has 3 aromatic rings. The second kappa shape index (κ2) is 9.15. The van der Waals surface area contributed by atoms with Gasteiger partial charge in [0.25, 0.3) is 0 Å². The number of nitrogens with one attached hydrogen (secondary N) is 2. The largest absolute Gasteiger partial charge is 0.468 e. The fourth-order valence-electron chi connectivity index (χ4n) is 3.38. The molecule has 166 valence electrons. The zero-order valence-corrected chi connectivity index (χ0v) is 18.4. The van der Waals surface area contributed by atoms with E-state index in [0.717, 1.165) is 0 Å². The Labute approximate surface area is 190 Å². The van der Waals surface area contributed by atoms with Crippen LogP contribution in [0, 0.1) is 5.92 Å². The first kappa shape index (κ1) is 22.1. The van der Waals surface area contributed by atoms with E-state index < -0.39 is 15.9 Å². The number of benzene rings is 2. The molecule has 2 heterocycles. The normalized spacial score (nSPS) is 16.3. The SMILES string of the molecule is O=C(Nc1ccc(S(=O)(=O)NCc2ccco2)cc1)C1CC(=O)N(c2ccc(Cl)cc2)C1. The molecule has 0 radical (unpaired) electrons. The molecule has 1 atom stereocenters. The van der Waals surface area contributed by atoms with Gasteiger partial charge in [0.1, 0.15) is 5.76 Å². The number of halogens is 1. The quantitative estimate of drug-likeness (QED) is 0.546. The van der Waals surface area contributed by atoms with Crippen LogP contribution in [0.2, 0.25) is 5.02 Å². The first-order valence-electron chi connectivity index (χ1n) is 9.81. The van der Waals surface area contributed by atoms with Crippen LogP contribution in [0.1, 0.15) is 12.2 Å². The van der Waals surface area contributed by atoms with Gasteiger partial charge in [-0.2, -0.15) is 0 Å². The van der Waals surface area contributed by atoms with Gasteiger partial charge in [0.15, 0.2) is 0 Å². The van der Waals surface area contributed by atoms with E-state index in [1.807, 2.05) is 0 Å². The van der Waals surface area contributed by atoms with Gasteiger partial charge in [-0.3, -0.25) is 9.59 Å². The number of hydrogen-bond acceptors (Lipinski definition) is 5. The maximum atomic E-state index is 12.7. The summed E-state index contributed by atoms with van der Waals surface area (Å²) in [6, 6.07) is 16.0. The van der Waals surface area contributed by atoms with E-state index in [-0.39, 0.29) is 36.2 Å². The summed E-state index contributed by atoms with van der Waals surface area (Å²) in [7, 11) is -3.73. The maximum Gasteiger partial charge on any atom is 0.240 e. The number of sulfonamides is 1. The van der Waals surface area contributed by atoms with E-state index in [9.17, 15) is 18.0 Å². The molecule has 1 unspecified atom stereocenters. The minimum Gasteiger partial charge on any atom is -0.468 e. The smallest absolute Gasteiger partial charge is 0.240 e. The van der Waals surface area contributed by atoms with Crippen molar-refractivity contribution in [3.05, 3.63) is 77.7 Å². The second-order valence-corrected chi connectivity index (χ2v) is 9.50. The van der Waals surface area contributed by atoms with Crippen molar-refractivity contribution in [3.63, 3.8) is 0 Å². The second-order valence-electron chi connectivity index (χ2n) is 7.30. The van der Waals surface area contributed by atoms with Gasteiger partial charge in [-0.15, -0.1) is 0 Å². The topological polar surface area (TPSA) is 109 Å². The number of amides is 2. The van der Waals surface area contributed by atoms with Gasteiger partial charge < -0.3 is 14.6 Å². The molecule has 1 saturated heterocycles. The molecule has 0 spiro atoms. The van der Waals surface area contributed by atoms with Crippen molar-refractivity contribution >= 4 is 44.8 Å². The zero-order valence-electron chi connectivity index (χ0n) is 16.8. The van der Waals surface area contributed by atoms with Crippen LogP contribution in [0.4, 0.5) is 11.4 Å². The molecule has 2 aromatic carbocycles. The lowest BCUT2D eigenvalue weighted by atomic mass is 10.1. The third-order valence-electron chi connectivity index (χ3n) is 5.08. The lowest BCUT2D eigenvalue weighted by Crippen LogP contribution is -2.28. The molecule has 0 bridgehead atoms. The van der Waals surface area contributed by atoms with Gasteiger partial charge in [-0.25, -0.2) is 13.1 Å². The molecule has 0 saturated carbocycles. The van der Waals surface area contributed by atoms with E-state index in [2.05, 4.69) is 10.0 Å². The van der Waals surface area contributed by atoms with Gasteiger partial charge in [0.05, 0.1) is 23.6 Å². The van der Waals surface area contributed by atoms with Crippen LogP contribution in [-0.2, 0) is 26.2 Å². The van der Waals surface area contributed by atoms with Crippen LogP contribution in [0.15, 0.2) is 76.2 Å². The van der Waals surface area contributed by atoms with Gasteiger partial charge in [-0.1, -0.05) is 11.6 Å². The number of nitrogens with zero attached hydrogens (tertiary/aromatic N) is 1. The van der Waals surface area contributed by atoms with Crippen molar-refractivity contribution < 1.29 is 22.4 Å². The third kappa shape index (κ3) is 5.01. The van der Waals surface area contributed by atoms with Gasteiger partial charge in [-0.05, 0) is 60.7 Å². The molecule has 8 nitrogen and oxygen atoms in total. The summed E-state index contributed by atoms with van der Waals surface area (Å²) in [4.78, 5) is 26.6. The van der Waals surface area contributed by atoms with Crippen molar-refractivity contribution in [2.45, 2.75) is 17.9 Å². The molecule has 1 aliphatic heterocycles. The van der Waals surface area contributed by atoms with Crippen LogP contribution in [0.5, 0.6) is 0 Å². The molecular formula is C22H20ClN3O5S. The van der Waals surface area contributed by atoms with Crippen molar-refractivity contribution in [3.8, 4) is 0 Å². The van der Waals surface area contributed by atoms with E-state index in [0.29, 0.717) is 22.2 Å². The monoisotopic (exact) mass is 473 g/mol. The molecule has 2 amide bonds. The summed E-state index contributed by atoms with van der Waals surface area (Å²) in [5.74, 6) is -0.467. The van der Waals surface area contributed by atoms with Crippen LogP contribution in [0.3, 0.4) is 0 Å². The molecule has 2 N–H and O–H groups in total. The zero-order chi connectivity index (χ0) is 22.7. The van der Waals surface area contributed by atoms with Crippen LogP contribution in [-0.4, -0.2) is 26.8 Å². The Balaban J connectivity index is 1.36. The van der Waals surface area contributed by atoms with Gasteiger partial charge in [0.2, 0.25) is 21.8 Å². The predicted octanol–water partition coefficient (Wildman–Crippen LogP) is 3.40. The minimum atomic E-state index is -3.73. The first-order chi connectivity index (χ1) is 15.3. The fraction of sp³-hybridized carbons (Fsp3) is 0.182. The van der Waals surface area contributed by atoms with Crippen molar-refractivity contribution in [2.24, 2.45) is 5.92 Å². The summed E-state index contributed by atoms with van der Waals surface area (Å²) in [6.07, 6.45) is 1.56. The highest BCUT2D eigenvalue weighted by molar-refractivity contribution is 7.89. The van der Waals surface area contributed by atoms with Gasteiger partial charge >= 0.3 is 0 Å². The Kier molecular flexibility index (Phi) is 6.31. The van der Waals surface area contributed by atoms with Crippen LogP contribution in [0.25, 0.3) is 0 Å². The summed E-state index contributed by atoms with van der Waals surface area (Å²) in [5, 5.41) is 3.32. The Morgan fingerprint density at radius 1 is 1.09 bits per heavy atom. The first-order valence-corrected chi connectivity index (χ1v) is 11.7. The lowest BCUT2D eigenvalue weighted by Gasteiger charge is -2.17. The highest BCUT2D eigenvalue weighted by Gasteiger charge is 2.35. The molecule has 0 aliphatic carbocycles. The number of hydrogen-bond donors (Lipinski definition) is 2. The Morgan fingerprint density at radius 3 is 2.47 bits per heavy atom. The molecular weight excluding hydrogens is 454 g/mol. The number of furan rings is 1. The molecule has 10 heteroatoms. The fourth-order valence-corrected chi connectivity index (χ4v) is 4.50. The van der Waals surface area contributed by atoms with E-state index >= 15 is 0 Å². The highest BCUT2D eigenvalue weighted by Crippen LogP contribution is 2.27. The summed E-state index contributed by atoms with van der Waals surface area (Å²) in [6.45, 7) is 0.295.